The van der Waals surface area contributed by atoms with Gasteiger partial charge in [-0.3, -0.25) is 4.79 Å². The van der Waals surface area contributed by atoms with Gasteiger partial charge in [0.15, 0.2) is 0 Å². The number of rotatable bonds is 4. The maximum absolute atomic E-state index is 12.3. The van der Waals surface area contributed by atoms with Gasteiger partial charge in [-0.2, -0.15) is 0 Å². The van der Waals surface area contributed by atoms with Crippen LogP contribution in [0.2, 0.25) is 0 Å². The van der Waals surface area contributed by atoms with Crippen LogP contribution in [0.5, 0.6) is 0 Å². The van der Waals surface area contributed by atoms with Gasteiger partial charge in [-0.1, -0.05) is 20.8 Å². The number of nitrogens with one attached hydrogen (secondary N) is 2. The molecule has 0 aromatic rings. The minimum absolute atomic E-state index is 0. The van der Waals surface area contributed by atoms with Gasteiger partial charge >= 0.3 is 0 Å². The number of amides is 1. The third-order valence-electron chi connectivity index (χ3n) is 5.42. The van der Waals surface area contributed by atoms with E-state index in [2.05, 4.69) is 31.4 Å². The van der Waals surface area contributed by atoms with Gasteiger partial charge in [0.05, 0.1) is 0 Å². The van der Waals surface area contributed by atoms with Crippen LogP contribution in [0.15, 0.2) is 0 Å². The molecule has 5 atom stereocenters. The third kappa shape index (κ3) is 5.78. The van der Waals surface area contributed by atoms with Crippen molar-refractivity contribution in [2.24, 2.45) is 23.7 Å². The van der Waals surface area contributed by atoms with Gasteiger partial charge in [0, 0.05) is 12.5 Å². The summed E-state index contributed by atoms with van der Waals surface area (Å²) in [6, 6.07) is 0.412. The molecule has 5 unspecified atom stereocenters. The van der Waals surface area contributed by atoms with E-state index in [1.165, 1.54) is 25.7 Å². The first kappa shape index (κ1) is 18.8. The summed E-state index contributed by atoms with van der Waals surface area (Å²) in [5.74, 6) is 2.91. The number of carbonyl (C=O) groups excluding carboxylic acids is 1. The third-order valence-corrected chi connectivity index (χ3v) is 5.42. The summed E-state index contributed by atoms with van der Waals surface area (Å²) in [7, 11) is 0. The average molecular weight is 317 g/mol. The van der Waals surface area contributed by atoms with Gasteiger partial charge in [0.2, 0.25) is 5.91 Å². The Morgan fingerprint density at radius 3 is 2.67 bits per heavy atom. The van der Waals surface area contributed by atoms with Crippen molar-refractivity contribution in [1.82, 2.24) is 10.6 Å². The van der Waals surface area contributed by atoms with Crippen molar-refractivity contribution in [2.45, 2.75) is 65.3 Å². The molecule has 1 saturated carbocycles. The number of hydrogen-bond donors (Lipinski definition) is 2. The molecular weight excluding hydrogens is 284 g/mol. The van der Waals surface area contributed by atoms with Crippen molar-refractivity contribution in [3.63, 3.8) is 0 Å². The average Bonchev–Trinajstić information content (AvgIpc) is 2.43. The Morgan fingerprint density at radius 2 is 2.05 bits per heavy atom. The van der Waals surface area contributed by atoms with Gasteiger partial charge in [0.25, 0.3) is 0 Å². The zero-order valence-corrected chi connectivity index (χ0v) is 14.7. The summed E-state index contributed by atoms with van der Waals surface area (Å²) in [6.07, 6.45) is 6.91. The molecule has 1 aliphatic carbocycles. The summed E-state index contributed by atoms with van der Waals surface area (Å²) < 4.78 is 0. The highest BCUT2D eigenvalue weighted by atomic mass is 35.5. The fourth-order valence-electron chi connectivity index (χ4n) is 3.97. The van der Waals surface area contributed by atoms with Crippen LogP contribution in [-0.4, -0.2) is 25.0 Å². The number of halogens is 1. The summed E-state index contributed by atoms with van der Waals surface area (Å²) in [5, 5.41) is 6.75. The van der Waals surface area contributed by atoms with Crippen LogP contribution >= 0.6 is 12.4 Å². The maximum Gasteiger partial charge on any atom is 0.220 e. The molecule has 0 spiro atoms. The van der Waals surface area contributed by atoms with Crippen LogP contribution in [0, 0.1) is 23.7 Å². The van der Waals surface area contributed by atoms with Gasteiger partial charge in [-0.05, 0) is 68.9 Å². The monoisotopic (exact) mass is 316 g/mol. The Kier molecular flexibility index (Phi) is 8.04. The molecule has 2 N–H and O–H groups in total. The number of carbonyl (C=O) groups is 1. The molecule has 0 aromatic carbocycles. The van der Waals surface area contributed by atoms with E-state index in [1.807, 2.05) is 0 Å². The van der Waals surface area contributed by atoms with Crippen molar-refractivity contribution in [3.05, 3.63) is 0 Å². The lowest BCUT2D eigenvalue weighted by Crippen LogP contribution is -2.43. The van der Waals surface area contributed by atoms with Crippen LogP contribution in [0.1, 0.15) is 59.3 Å². The lowest BCUT2D eigenvalue weighted by Gasteiger charge is -2.34. The van der Waals surface area contributed by atoms with Crippen LogP contribution < -0.4 is 10.6 Å². The molecule has 1 amide bonds. The van der Waals surface area contributed by atoms with E-state index in [-0.39, 0.29) is 18.3 Å². The topological polar surface area (TPSA) is 41.1 Å². The van der Waals surface area contributed by atoms with E-state index >= 15 is 0 Å². The zero-order chi connectivity index (χ0) is 14.5. The van der Waals surface area contributed by atoms with E-state index in [4.69, 9.17) is 0 Å². The second-order valence-corrected chi connectivity index (χ2v) is 7.36. The highest BCUT2D eigenvalue weighted by Crippen LogP contribution is 2.29. The minimum atomic E-state index is 0. The first-order valence-electron chi connectivity index (χ1n) is 8.56. The molecule has 1 heterocycles. The molecular formula is C17H33ClN2O. The Balaban J connectivity index is 0.00000220. The van der Waals surface area contributed by atoms with E-state index < -0.39 is 0 Å². The summed E-state index contributed by atoms with van der Waals surface area (Å²) in [5.41, 5.74) is 0. The molecule has 2 rings (SSSR count). The van der Waals surface area contributed by atoms with Crippen LogP contribution in [0.4, 0.5) is 0 Å². The molecule has 4 heteroatoms. The first-order valence-corrected chi connectivity index (χ1v) is 8.56. The summed E-state index contributed by atoms with van der Waals surface area (Å²) in [4.78, 5) is 12.3. The second kappa shape index (κ2) is 8.99. The maximum atomic E-state index is 12.3. The molecule has 1 aliphatic heterocycles. The normalized spacial score (nSPS) is 34.6. The molecule has 0 bridgehead atoms. The lowest BCUT2D eigenvalue weighted by molar-refractivity contribution is -0.123. The van der Waals surface area contributed by atoms with Crippen molar-refractivity contribution in [3.8, 4) is 0 Å². The highest BCUT2D eigenvalue weighted by molar-refractivity contribution is 5.85. The van der Waals surface area contributed by atoms with E-state index in [0.29, 0.717) is 30.2 Å². The van der Waals surface area contributed by atoms with Crippen molar-refractivity contribution in [2.75, 3.05) is 13.1 Å². The quantitative estimate of drug-likeness (QED) is 0.835. The molecule has 0 aromatic heterocycles. The smallest absolute Gasteiger partial charge is 0.220 e. The standard InChI is InChI=1S/C17H32N2O.ClH/c1-12-6-7-16(14(3)9-12)19-17(20)10-13(2)15-5-4-8-18-11-15;/h12-16,18H,4-11H2,1-3H3,(H,19,20);1H. The molecule has 1 saturated heterocycles. The Labute approximate surface area is 136 Å². The van der Waals surface area contributed by atoms with Crippen LogP contribution in [-0.2, 0) is 4.79 Å². The summed E-state index contributed by atoms with van der Waals surface area (Å²) >= 11 is 0. The van der Waals surface area contributed by atoms with Gasteiger partial charge in [-0.25, -0.2) is 0 Å². The SMILES string of the molecule is CC1CCC(NC(=O)CC(C)C2CCCNC2)C(C)C1.Cl. The molecule has 21 heavy (non-hydrogen) atoms. The molecule has 0 radical (unpaired) electrons. The molecule has 2 fully saturated rings. The van der Waals surface area contributed by atoms with Gasteiger partial charge in [0.1, 0.15) is 0 Å². The zero-order valence-electron chi connectivity index (χ0n) is 13.9. The second-order valence-electron chi connectivity index (χ2n) is 7.36. The predicted molar refractivity (Wildman–Crippen MR) is 90.7 cm³/mol. The van der Waals surface area contributed by atoms with Crippen LogP contribution in [0.3, 0.4) is 0 Å². The Morgan fingerprint density at radius 1 is 1.29 bits per heavy atom. The number of hydrogen-bond acceptors (Lipinski definition) is 2. The van der Waals surface area contributed by atoms with Gasteiger partial charge < -0.3 is 10.6 Å². The van der Waals surface area contributed by atoms with Crippen molar-refractivity contribution in [1.29, 1.82) is 0 Å². The van der Waals surface area contributed by atoms with E-state index in [1.54, 1.807) is 0 Å². The van der Waals surface area contributed by atoms with Crippen LogP contribution in [0.25, 0.3) is 0 Å². The minimum Gasteiger partial charge on any atom is -0.353 e. The van der Waals surface area contributed by atoms with Gasteiger partial charge in [-0.15, -0.1) is 12.4 Å². The fraction of sp³-hybridized carbons (Fsp3) is 0.941. The number of piperidine rings is 1. The molecule has 124 valence electrons. The predicted octanol–water partition coefficient (Wildman–Crippen LogP) is 3.37. The molecule has 3 nitrogen and oxygen atoms in total. The van der Waals surface area contributed by atoms with Crippen molar-refractivity contribution >= 4 is 18.3 Å². The first-order chi connectivity index (χ1) is 9.56. The highest BCUT2D eigenvalue weighted by Gasteiger charge is 2.28. The Hall–Kier alpha value is -0.280. The van der Waals surface area contributed by atoms with Crippen molar-refractivity contribution < 1.29 is 4.79 Å². The van der Waals surface area contributed by atoms with E-state index in [0.717, 1.165) is 25.4 Å². The lowest BCUT2D eigenvalue weighted by atomic mass is 9.79. The fourth-order valence-corrected chi connectivity index (χ4v) is 3.97. The molecule has 2 aliphatic rings. The summed E-state index contributed by atoms with van der Waals surface area (Å²) in [6.45, 7) is 9.09. The Bertz CT molecular complexity index is 318. The largest absolute Gasteiger partial charge is 0.353 e. The van der Waals surface area contributed by atoms with E-state index in [9.17, 15) is 4.79 Å².